The predicted octanol–water partition coefficient (Wildman–Crippen LogP) is 3.24. The van der Waals surface area contributed by atoms with Crippen LogP contribution in [0.25, 0.3) is 0 Å². The molecular weight excluding hydrogens is 224 g/mol. The quantitative estimate of drug-likeness (QED) is 0.635. The topological polar surface area (TPSA) is 59.1 Å². The first kappa shape index (κ1) is 12.9. The van der Waals surface area contributed by atoms with E-state index in [4.69, 9.17) is 15.9 Å². The SMILES string of the molecule is Cc1ccc(C(=N)N)c(OC2CCCC(C)C2)c1. The van der Waals surface area contributed by atoms with Gasteiger partial charge in [0.15, 0.2) is 0 Å². The lowest BCUT2D eigenvalue weighted by Crippen LogP contribution is -2.25. The minimum atomic E-state index is 0.0776. The Morgan fingerprint density at radius 1 is 1.39 bits per heavy atom. The van der Waals surface area contributed by atoms with E-state index in [1.165, 1.54) is 12.8 Å². The van der Waals surface area contributed by atoms with Crippen LogP contribution in [0.15, 0.2) is 18.2 Å². The van der Waals surface area contributed by atoms with Crippen LogP contribution >= 0.6 is 0 Å². The van der Waals surface area contributed by atoms with Crippen LogP contribution in [0, 0.1) is 18.3 Å². The van der Waals surface area contributed by atoms with Crippen molar-refractivity contribution < 1.29 is 4.74 Å². The van der Waals surface area contributed by atoms with E-state index >= 15 is 0 Å². The molecule has 1 aliphatic carbocycles. The molecule has 0 spiro atoms. The molecule has 98 valence electrons. The maximum absolute atomic E-state index is 7.60. The number of ether oxygens (including phenoxy) is 1. The van der Waals surface area contributed by atoms with Crippen LogP contribution in [0.1, 0.15) is 43.7 Å². The van der Waals surface area contributed by atoms with Crippen LogP contribution < -0.4 is 10.5 Å². The molecule has 3 heteroatoms. The van der Waals surface area contributed by atoms with Gasteiger partial charge in [0, 0.05) is 0 Å². The monoisotopic (exact) mass is 246 g/mol. The Kier molecular flexibility index (Phi) is 3.90. The molecule has 1 aliphatic rings. The molecule has 3 N–H and O–H groups in total. The van der Waals surface area contributed by atoms with E-state index in [0.29, 0.717) is 5.56 Å². The number of nitrogens with two attached hydrogens (primary N) is 1. The fourth-order valence-electron chi connectivity index (χ4n) is 2.61. The summed E-state index contributed by atoms with van der Waals surface area (Å²) in [5.41, 5.74) is 7.45. The maximum Gasteiger partial charge on any atom is 0.130 e. The van der Waals surface area contributed by atoms with Crippen molar-refractivity contribution >= 4 is 5.84 Å². The van der Waals surface area contributed by atoms with Crippen molar-refractivity contribution in [1.29, 1.82) is 5.41 Å². The van der Waals surface area contributed by atoms with Crippen molar-refractivity contribution in [1.82, 2.24) is 0 Å². The normalized spacial score (nSPS) is 23.7. The highest BCUT2D eigenvalue weighted by Crippen LogP contribution is 2.29. The van der Waals surface area contributed by atoms with Crippen LogP contribution in [0.4, 0.5) is 0 Å². The van der Waals surface area contributed by atoms with Gasteiger partial charge < -0.3 is 10.5 Å². The molecule has 2 rings (SSSR count). The summed E-state index contributed by atoms with van der Waals surface area (Å²) in [4.78, 5) is 0. The van der Waals surface area contributed by atoms with Crippen molar-refractivity contribution in [2.75, 3.05) is 0 Å². The zero-order valence-corrected chi connectivity index (χ0v) is 11.2. The molecular formula is C15H22N2O. The van der Waals surface area contributed by atoms with E-state index in [1.54, 1.807) is 0 Å². The molecule has 1 saturated carbocycles. The average Bonchev–Trinajstić information content (AvgIpc) is 2.28. The second kappa shape index (κ2) is 5.42. The lowest BCUT2D eigenvalue weighted by molar-refractivity contribution is 0.129. The van der Waals surface area contributed by atoms with Gasteiger partial charge >= 0.3 is 0 Å². The summed E-state index contributed by atoms with van der Waals surface area (Å²) in [6.45, 7) is 4.30. The second-order valence-corrected chi connectivity index (χ2v) is 5.42. The van der Waals surface area contributed by atoms with Gasteiger partial charge in [-0.25, -0.2) is 0 Å². The molecule has 2 unspecified atom stereocenters. The van der Waals surface area contributed by atoms with E-state index in [9.17, 15) is 0 Å². The van der Waals surface area contributed by atoms with Gasteiger partial charge in [-0.15, -0.1) is 0 Å². The summed E-state index contributed by atoms with van der Waals surface area (Å²) in [7, 11) is 0. The Bertz CT molecular complexity index is 442. The largest absolute Gasteiger partial charge is 0.490 e. The van der Waals surface area contributed by atoms with Gasteiger partial charge in [-0.05, 0) is 49.8 Å². The van der Waals surface area contributed by atoms with Crippen LogP contribution in [-0.4, -0.2) is 11.9 Å². The Labute approximate surface area is 109 Å². The summed E-state index contributed by atoms with van der Waals surface area (Å²) in [5, 5.41) is 7.60. The van der Waals surface area contributed by atoms with Crippen molar-refractivity contribution in [3.05, 3.63) is 29.3 Å². The third kappa shape index (κ3) is 3.03. The molecule has 3 nitrogen and oxygen atoms in total. The van der Waals surface area contributed by atoms with Crippen LogP contribution in [0.5, 0.6) is 5.75 Å². The van der Waals surface area contributed by atoms with Crippen molar-refractivity contribution in [3.63, 3.8) is 0 Å². The summed E-state index contributed by atoms with van der Waals surface area (Å²) in [5.74, 6) is 1.57. The molecule has 0 radical (unpaired) electrons. The number of nitrogen functional groups attached to an aromatic ring is 1. The fraction of sp³-hybridized carbons (Fsp3) is 0.533. The second-order valence-electron chi connectivity index (χ2n) is 5.42. The van der Waals surface area contributed by atoms with Gasteiger partial charge in [-0.2, -0.15) is 0 Å². The summed E-state index contributed by atoms with van der Waals surface area (Å²) in [6, 6.07) is 5.82. The van der Waals surface area contributed by atoms with Crippen molar-refractivity contribution in [2.24, 2.45) is 11.7 Å². The minimum absolute atomic E-state index is 0.0776. The maximum atomic E-state index is 7.60. The number of hydrogen-bond acceptors (Lipinski definition) is 2. The molecule has 0 aromatic heterocycles. The molecule has 0 aliphatic heterocycles. The third-order valence-corrected chi connectivity index (χ3v) is 3.61. The molecule has 0 saturated heterocycles. The third-order valence-electron chi connectivity index (χ3n) is 3.61. The number of amidine groups is 1. The molecule has 0 bridgehead atoms. The van der Waals surface area contributed by atoms with E-state index in [0.717, 1.165) is 30.1 Å². The molecule has 1 fully saturated rings. The summed E-state index contributed by atoms with van der Waals surface area (Å²) < 4.78 is 6.08. The Morgan fingerprint density at radius 3 is 2.83 bits per heavy atom. The van der Waals surface area contributed by atoms with Gasteiger partial charge in [0.2, 0.25) is 0 Å². The number of nitrogens with one attached hydrogen (secondary N) is 1. The first-order chi connectivity index (χ1) is 8.56. The smallest absolute Gasteiger partial charge is 0.130 e. The lowest BCUT2D eigenvalue weighted by Gasteiger charge is -2.28. The van der Waals surface area contributed by atoms with Crippen LogP contribution in [0.2, 0.25) is 0 Å². The molecule has 18 heavy (non-hydrogen) atoms. The Hall–Kier alpha value is -1.51. The van der Waals surface area contributed by atoms with Gasteiger partial charge in [0.25, 0.3) is 0 Å². The van der Waals surface area contributed by atoms with Crippen molar-refractivity contribution in [3.8, 4) is 5.75 Å². The van der Waals surface area contributed by atoms with Gasteiger partial charge in [0.1, 0.15) is 11.6 Å². The average molecular weight is 246 g/mol. The predicted molar refractivity (Wildman–Crippen MR) is 74.2 cm³/mol. The van der Waals surface area contributed by atoms with Crippen molar-refractivity contribution in [2.45, 2.75) is 45.6 Å². The highest BCUT2D eigenvalue weighted by atomic mass is 16.5. The minimum Gasteiger partial charge on any atom is -0.490 e. The van der Waals surface area contributed by atoms with E-state index in [2.05, 4.69) is 6.92 Å². The molecule has 1 aromatic carbocycles. The van der Waals surface area contributed by atoms with Gasteiger partial charge in [-0.1, -0.05) is 19.4 Å². The Morgan fingerprint density at radius 2 is 2.17 bits per heavy atom. The highest BCUT2D eigenvalue weighted by Gasteiger charge is 2.21. The van der Waals surface area contributed by atoms with Gasteiger partial charge in [0.05, 0.1) is 11.7 Å². The van der Waals surface area contributed by atoms with Gasteiger partial charge in [-0.3, -0.25) is 5.41 Å². The zero-order valence-electron chi connectivity index (χ0n) is 11.2. The number of benzene rings is 1. The molecule has 0 amide bonds. The lowest BCUT2D eigenvalue weighted by atomic mass is 9.88. The molecule has 1 aromatic rings. The fourth-order valence-corrected chi connectivity index (χ4v) is 2.61. The number of rotatable bonds is 3. The first-order valence-corrected chi connectivity index (χ1v) is 6.68. The Balaban J connectivity index is 2.16. The van der Waals surface area contributed by atoms with E-state index in [1.807, 2.05) is 25.1 Å². The standard InChI is InChI=1S/C15H22N2O/c1-10-4-3-5-12(8-10)18-14-9-11(2)6-7-13(14)15(16)17/h6-7,9-10,12H,3-5,8H2,1-2H3,(H3,16,17). The first-order valence-electron chi connectivity index (χ1n) is 6.68. The zero-order chi connectivity index (χ0) is 13.1. The molecule has 0 heterocycles. The summed E-state index contributed by atoms with van der Waals surface area (Å²) >= 11 is 0. The van der Waals surface area contributed by atoms with E-state index in [-0.39, 0.29) is 11.9 Å². The van der Waals surface area contributed by atoms with Crippen LogP contribution in [0.3, 0.4) is 0 Å². The number of aryl methyl sites for hydroxylation is 1. The van der Waals surface area contributed by atoms with E-state index < -0.39 is 0 Å². The highest BCUT2D eigenvalue weighted by molar-refractivity contribution is 5.97. The summed E-state index contributed by atoms with van der Waals surface area (Å²) in [6.07, 6.45) is 5.01. The molecule has 2 atom stereocenters. The number of hydrogen-bond donors (Lipinski definition) is 2. The van der Waals surface area contributed by atoms with Crippen LogP contribution in [-0.2, 0) is 0 Å².